The van der Waals surface area contributed by atoms with Crippen molar-refractivity contribution in [1.29, 1.82) is 0 Å². The van der Waals surface area contributed by atoms with Gasteiger partial charge >= 0.3 is 5.97 Å². The zero-order valence-electron chi connectivity index (χ0n) is 12.9. The van der Waals surface area contributed by atoms with Gasteiger partial charge in [-0.05, 0) is 38.3 Å². The van der Waals surface area contributed by atoms with E-state index in [1.54, 1.807) is 6.92 Å². The van der Waals surface area contributed by atoms with Gasteiger partial charge in [0.15, 0.2) is 0 Å². The highest BCUT2D eigenvalue weighted by Crippen LogP contribution is 2.11. The van der Waals surface area contributed by atoms with Crippen LogP contribution in [0.15, 0.2) is 30.3 Å². The maximum absolute atomic E-state index is 11.0. The van der Waals surface area contributed by atoms with Gasteiger partial charge in [-0.3, -0.25) is 9.69 Å². The van der Waals surface area contributed by atoms with Gasteiger partial charge in [-0.2, -0.15) is 0 Å². The van der Waals surface area contributed by atoms with E-state index in [9.17, 15) is 4.79 Å². The first-order valence-corrected chi connectivity index (χ1v) is 7.55. The van der Waals surface area contributed by atoms with Gasteiger partial charge in [-0.15, -0.1) is 0 Å². The van der Waals surface area contributed by atoms with Crippen LogP contribution in [0.4, 0.5) is 0 Å². The minimum Gasteiger partial charge on any atom is -0.481 e. The monoisotopic (exact) mass is 277 g/mol. The summed E-state index contributed by atoms with van der Waals surface area (Å²) in [6, 6.07) is 10.9. The lowest BCUT2D eigenvalue weighted by Gasteiger charge is -2.29. The number of carboxylic acid groups (broad SMARTS) is 1. The van der Waals surface area contributed by atoms with Crippen LogP contribution in [0.5, 0.6) is 0 Å². The summed E-state index contributed by atoms with van der Waals surface area (Å²) in [5.41, 5.74) is 1.35. The van der Waals surface area contributed by atoms with Crippen LogP contribution in [-0.4, -0.2) is 35.1 Å². The first-order valence-electron chi connectivity index (χ1n) is 7.55. The molecule has 112 valence electrons. The molecule has 1 aromatic carbocycles. The van der Waals surface area contributed by atoms with Crippen molar-refractivity contribution in [2.24, 2.45) is 5.92 Å². The SMILES string of the molecule is CCC(C)N(CCCc1ccccc1)CC(C)C(=O)O. The molecule has 20 heavy (non-hydrogen) atoms. The second-order valence-corrected chi connectivity index (χ2v) is 5.58. The zero-order chi connectivity index (χ0) is 15.0. The van der Waals surface area contributed by atoms with E-state index in [1.807, 2.05) is 6.07 Å². The summed E-state index contributed by atoms with van der Waals surface area (Å²) >= 11 is 0. The van der Waals surface area contributed by atoms with Gasteiger partial charge in [0.25, 0.3) is 0 Å². The van der Waals surface area contributed by atoms with Crippen LogP contribution in [0.25, 0.3) is 0 Å². The summed E-state index contributed by atoms with van der Waals surface area (Å²) in [7, 11) is 0. The lowest BCUT2D eigenvalue weighted by Crippen LogP contribution is -2.39. The molecule has 0 aliphatic carbocycles. The summed E-state index contributed by atoms with van der Waals surface area (Å²) in [6.45, 7) is 7.72. The topological polar surface area (TPSA) is 40.5 Å². The van der Waals surface area contributed by atoms with E-state index in [4.69, 9.17) is 5.11 Å². The highest BCUT2D eigenvalue weighted by Gasteiger charge is 2.19. The fourth-order valence-corrected chi connectivity index (χ4v) is 2.31. The van der Waals surface area contributed by atoms with Crippen LogP contribution in [0.2, 0.25) is 0 Å². The van der Waals surface area contributed by atoms with E-state index in [-0.39, 0.29) is 5.92 Å². The number of aryl methyl sites for hydroxylation is 1. The third-order valence-electron chi connectivity index (χ3n) is 3.90. The van der Waals surface area contributed by atoms with E-state index in [0.29, 0.717) is 12.6 Å². The van der Waals surface area contributed by atoms with E-state index >= 15 is 0 Å². The summed E-state index contributed by atoms with van der Waals surface area (Å²) < 4.78 is 0. The first-order chi connectivity index (χ1) is 9.54. The lowest BCUT2D eigenvalue weighted by molar-refractivity contribution is -0.141. The van der Waals surface area contributed by atoms with Crippen molar-refractivity contribution in [3.63, 3.8) is 0 Å². The molecule has 1 N–H and O–H groups in total. The van der Waals surface area contributed by atoms with Crippen molar-refractivity contribution in [2.75, 3.05) is 13.1 Å². The molecule has 0 fully saturated rings. The molecule has 2 unspecified atom stereocenters. The molecule has 0 spiro atoms. The second kappa shape index (κ2) is 8.75. The molecule has 0 radical (unpaired) electrons. The van der Waals surface area contributed by atoms with Gasteiger partial charge < -0.3 is 5.11 Å². The Morgan fingerprint density at radius 1 is 1.25 bits per heavy atom. The standard InChI is InChI=1S/C17H27NO2/c1-4-15(3)18(13-14(2)17(19)20)12-8-11-16-9-6-5-7-10-16/h5-7,9-10,14-15H,4,8,11-13H2,1-3H3,(H,19,20). The molecule has 0 aromatic heterocycles. The third-order valence-corrected chi connectivity index (χ3v) is 3.90. The zero-order valence-corrected chi connectivity index (χ0v) is 12.9. The Balaban J connectivity index is 2.46. The molecule has 0 saturated heterocycles. The molecule has 2 atom stereocenters. The van der Waals surface area contributed by atoms with Gasteiger partial charge in [-0.1, -0.05) is 44.2 Å². The maximum Gasteiger partial charge on any atom is 0.307 e. The van der Waals surface area contributed by atoms with Crippen LogP contribution >= 0.6 is 0 Å². The molecular weight excluding hydrogens is 250 g/mol. The fraction of sp³-hybridized carbons (Fsp3) is 0.588. The molecule has 0 heterocycles. The fourth-order valence-electron chi connectivity index (χ4n) is 2.31. The Kier molecular flexibility index (Phi) is 7.31. The highest BCUT2D eigenvalue weighted by molar-refractivity contribution is 5.69. The van der Waals surface area contributed by atoms with Crippen molar-refractivity contribution in [3.05, 3.63) is 35.9 Å². The summed E-state index contributed by atoms with van der Waals surface area (Å²) in [4.78, 5) is 13.3. The van der Waals surface area contributed by atoms with Crippen LogP contribution in [0.3, 0.4) is 0 Å². The molecule has 0 amide bonds. The van der Waals surface area contributed by atoms with Crippen molar-refractivity contribution in [1.82, 2.24) is 4.90 Å². The predicted octanol–water partition coefficient (Wildman–Crippen LogP) is 3.44. The molecule has 0 bridgehead atoms. The van der Waals surface area contributed by atoms with Crippen LogP contribution in [0.1, 0.15) is 39.2 Å². The molecule has 1 rings (SSSR count). The predicted molar refractivity (Wildman–Crippen MR) is 82.9 cm³/mol. The quantitative estimate of drug-likeness (QED) is 0.751. The number of rotatable bonds is 9. The first kappa shape index (κ1) is 16.7. The average Bonchev–Trinajstić information content (AvgIpc) is 2.46. The smallest absolute Gasteiger partial charge is 0.307 e. The molecule has 0 saturated carbocycles. The Hall–Kier alpha value is -1.35. The molecular formula is C17H27NO2. The minimum atomic E-state index is -0.707. The summed E-state index contributed by atoms with van der Waals surface area (Å²) in [5, 5.41) is 9.06. The number of hydrogen-bond acceptors (Lipinski definition) is 2. The van der Waals surface area contributed by atoms with Crippen LogP contribution < -0.4 is 0 Å². The number of carbonyl (C=O) groups is 1. The van der Waals surface area contributed by atoms with E-state index < -0.39 is 5.97 Å². The Bertz CT molecular complexity index is 391. The Labute approximate surface area is 122 Å². The lowest BCUT2D eigenvalue weighted by atomic mass is 10.1. The van der Waals surface area contributed by atoms with Crippen molar-refractivity contribution in [2.45, 2.75) is 46.1 Å². The third kappa shape index (κ3) is 5.74. The van der Waals surface area contributed by atoms with Crippen LogP contribution in [-0.2, 0) is 11.2 Å². The number of benzene rings is 1. The second-order valence-electron chi connectivity index (χ2n) is 5.58. The normalized spacial score (nSPS) is 14.2. The molecule has 3 heteroatoms. The Morgan fingerprint density at radius 2 is 1.90 bits per heavy atom. The molecule has 1 aromatic rings. The number of hydrogen-bond donors (Lipinski definition) is 1. The van der Waals surface area contributed by atoms with E-state index in [0.717, 1.165) is 25.8 Å². The highest BCUT2D eigenvalue weighted by atomic mass is 16.4. The maximum atomic E-state index is 11.0. The Morgan fingerprint density at radius 3 is 2.45 bits per heavy atom. The number of aliphatic carboxylic acids is 1. The van der Waals surface area contributed by atoms with E-state index in [1.165, 1.54) is 5.56 Å². The largest absolute Gasteiger partial charge is 0.481 e. The van der Waals surface area contributed by atoms with Gasteiger partial charge in [0.05, 0.1) is 5.92 Å². The summed E-state index contributed by atoms with van der Waals surface area (Å²) in [5.74, 6) is -1.01. The van der Waals surface area contributed by atoms with Gasteiger partial charge in [0.1, 0.15) is 0 Å². The van der Waals surface area contributed by atoms with Gasteiger partial charge in [-0.25, -0.2) is 0 Å². The van der Waals surface area contributed by atoms with Crippen molar-refractivity contribution < 1.29 is 9.90 Å². The summed E-state index contributed by atoms with van der Waals surface area (Å²) in [6.07, 6.45) is 3.17. The van der Waals surface area contributed by atoms with Crippen molar-refractivity contribution in [3.8, 4) is 0 Å². The van der Waals surface area contributed by atoms with Crippen molar-refractivity contribution >= 4 is 5.97 Å². The number of nitrogens with zero attached hydrogens (tertiary/aromatic N) is 1. The van der Waals surface area contributed by atoms with Gasteiger partial charge in [0, 0.05) is 12.6 Å². The number of carboxylic acids is 1. The molecule has 3 nitrogen and oxygen atoms in total. The minimum absolute atomic E-state index is 0.305. The average molecular weight is 277 g/mol. The van der Waals surface area contributed by atoms with Crippen LogP contribution in [0, 0.1) is 5.92 Å². The molecule has 0 aliphatic heterocycles. The molecule has 0 aliphatic rings. The van der Waals surface area contributed by atoms with E-state index in [2.05, 4.69) is 43.0 Å². The van der Waals surface area contributed by atoms with Gasteiger partial charge in [0.2, 0.25) is 0 Å².